The van der Waals surface area contributed by atoms with Crippen molar-refractivity contribution in [2.24, 2.45) is 0 Å². The topological polar surface area (TPSA) is 49.8 Å². The zero-order valence-corrected chi connectivity index (χ0v) is 16.1. The minimum absolute atomic E-state index is 0.592. The summed E-state index contributed by atoms with van der Waals surface area (Å²) < 4.78 is 21.7. The van der Waals surface area contributed by atoms with E-state index < -0.39 is 0 Å². The highest BCUT2D eigenvalue weighted by Crippen LogP contribution is 2.38. The van der Waals surface area contributed by atoms with Crippen LogP contribution in [0.4, 0.5) is 0 Å². The van der Waals surface area contributed by atoms with Gasteiger partial charge in [-0.15, -0.1) is 11.3 Å². The lowest BCUT2D eigenvalue weighted by Gasteiger charge is -2.10. The van der Waals surface area contributed by atoms with Crippen molar-refractivity contribution < 1.29 is 18.9 Å². The summed E-state index contributed by atoms with van der Waals surface area (Å²) in [5.74, 6) is 2.90. The lowest BCUT2D eigenvalue weighted by molar-refractivity contribution is 0.311. The van der Waals surface area contributed by atoms with Crippen LogP contribution in [-0.2, 0) is 0 Å². The van der Waals surface area contributed by atoms with Crippen LogP contribution in [0, 0.1) is 0 Å². The number of hydrogen-bond acceptors (Lipinski definition) is 6. The summed E-state index contributed by atoms with van der Waals surface area (Å²) in [5, 5.41) is 2.92. The van der Waals surface area contributed by atoms with Crippen molar-refractivity contribution in [3.8, 4) is 44.8 Å². The molecule has 0 unspecified atom stereocenters. The number of thiazole rings is 1. The molecule has 3 rings (SSSR count). The van der Waals surface area contributed by atoms with Crippen LogP contribution in [0.25, 0.3) is 21.8 Å². The highest BCUT2D eigenvalue weighted by molar-refractivity contribution is 7.13. The first-order valence-corrected chi connectivity index (χ1v) is 9.07. The van der Waals surface area contributed by atoms with Crippen LogP contribution in [0.5, 0.6) is 23.0 Å². The number of aromatic nitrogens is 1. The van der Waals surface area contributed by atoms with Crippen LogP contribution < -0.4 is 18.9 Å². The number of hydrogen-bond donors (Lipinski definition) is 0. The summed E-state index contributed by atoms with van der Waals surface area (Å²) >= 11 is 1.57. The fourth-order valence-electron chi connectivity index (χ4n) is 2.62. The van der Waals surface area contributed by atoms with Crippen molar-refractivity contribution >= 4 is 11.3 Å². The van der Waals surface area contributed by atoms with Crippen molar-refractivity contribution in [3.05, 3.63) is 41.8 Å². The second-order valence-corrected chi connectivity index (χ2v) is 6.26. The Morgan fingerprint density at radius 3 is 2.38 bits per heavy atom. The van der Waals surface area contributed by atoms with E-state index in [9.17, 15) is 0 Å². The molecule has 1 heterocycles. The first-order chi connectivity index (χ1) is 12.7. The molecule has 2 aromatic carbocycles. The molecule has 1 aromatic heterocycles. The van der Waals surface area contributed by atoms with E-state index in [1.807, 2.05) is 48.7 Å². The second-order valence-electron chi connectivity index (χ2n) is 5.40. The highest BCUT2D eigenvalue weighted by atomic mass is 32.1. The molecule has 136 valence electrons. The van der Waals surface area contributed by atoms with Gasteiger partial charge in [0, 0.05) is 22.6 Å². The summed E-state index contributed by atoms with van der Waals surface area (Å²) in [5.41, 5.74) is 2.76. The Labute approximate surface area is 157 Å². The molecule has 0 aliphatic heterocycles. The molecule has 26 heavy (non-hydrogen) atoms. The minimum atomic E-state index is 0.592. The van der Waals surface area contributed by atoms with Crippen molar-refractivity contribution in [2.45, 2.75) is 6.92 Å². The average molecular weight is 371 g/mol. The zero-order valence-electron chi connectivity index (χ0n) is 15.2. The van der Waals surface area contributed by atoms with Gasteiger partial charge in [0.2, 0.25) is 0 Å². The van der Waals surface area contributed by atoms with E-state index in [-0.39, 0.29) is 0 Å². The van der Waals surface area contributed by atoms with Crippen LogP contribution in [0.1, 0.15) is 6.92 Å². The molecule has 0 N–H and O–H groups in total. The van der Waals surface area contributed by atoms with Crippen molar-refractivity contribution in [1.29, 1.82) is 0 Å². The van der Waals surface area contributed by atoms with Crippen molar-refractivity contribution in [3.63, 3.8) is 0 Å². The highest BCUT2D eigenvalue weighted by Gasteiger charge is 2.14. The van der Waals surface area contributed by atoms with Gasteiger partial charge in [0.1, 0.15) is 16.5 Å². The molecule has 5 nitrogen and oxygen atoms in total. The normalized spacial score (nSPS) is 10.5. The summed E-state index contributed by atoms with van der Waals surface area (Å²) in [6, 6.07) is 11.5. The lowest BCUT2D eigenvalue weighted by atomic mass is 10.1. The third-order valence-corrected chi connectivity index (χ3v) is 4.79. The molecule has 0 amide bonds. The van der Waals surface area contributed by atoms with Crippen molar-refractivity contribution in [2.75, 3.05) is 27.9 Å². The molecule has 0 aliphatic carbocycles. The Hall–Kier alpha value is -2.73. The third-order valence-electron chi connectivity index (χ3n) is 3.90. The van der Waals surface area contributed by atoms with Gasteiger partial charge in [-0.3, -0.25) is 0 Å². The first-order valence-electron chi connectivity index (χ1n) is 8.19. The molecule has 0 fully saturated rings. The van der Waals surface area contributed by atoms with Crippen LogP contribution in [-0.4, -0.2) is 32.9 Å². The molecule has 0 saturated carbocycles. The molecule has 0 bridgehead atoms. The predicted molar refractivity (Wildman–Crippen MR) is 104 cm³/mol. The van der Waals surface area contributed by atoms with E-state index in [0.717, 1.165) is 39.1 Å². The van der Waals surface area contributed by atoms with Gasteiger partial charge in [-0.2, -0.15) is 0 Å². The molecule has 0 atom stereocenters. The van der Waals surface area contributed by atoms with Gasteiger partial charge < -0.3 is 18.9 Å². The van der Waals surface area contributed by atoms with E-state index in [1.165, 1.54) is 0 Å². The Kier molecular flexibility index (Phi) is 5.63. The Balaban J connectivity index is 1.95. The van der Waals surface area contributed by atoms with Gasteiger partial charge in [-0.25, -0.2) is 4.98 Å². The Morgan fingerprint density at radius 2 is 1.69 bits per heavy atom. The average Bonchev–Trinajstić information content (AvgIpc) is 3.17. The standard InChI is InChI=1S/C20H21NO4S/c1-5-25-17-9-6-13(10-19(17)24-4)20-21-16(12-26-20)15-8-7-14(22-2)11-18(15)23-3/h6-12H,5H2,1-4H3. The van der Waals surface area contributed by atoms with Crippen molar-refractivity contribution in [1.82, 2.24) is 4.98 Å². The van der Waals surface area contributed by atoms with Gasteiger partial charge in [0.15, 0.2) is 11.5 Å². The third kappa shape index (κ3) is 3.60. The Morgan fingerprint density at radius 1 is 0.885 bits per heavy atom. The van der Waals surface area contributed by atoms with E-state index in [0.29, 0.717) is 12.4 Å². The molecule has 3 aromatic rings. The largest absolute Gasteiger partial charge is 0.497 e. The molecule has 0 aliphatic rings. The van der Waals surface area contributed by atoms with Crippen LogP contribution in [0.3, 0.4) is 0 Å². The SMILES string of the molecule is CCOc1ccc(-c2nc(-c3ccc(OC)cc3OC)cs2)cc1OC. The van der Waals surface area contributed by atoms with Gasteiger partial charge >= 0.3 is 0 Å². The number of nitrogens with zero attached hydrogens (tertiary/aromatic N) is 1. The fourth-order valence-corrected chi connectivity index (χ4v) is 3.43. The Bertz CT molecular complexity index is 891. The minimum Gasteiger partial charge on any atom is -0.497 e. The molecule has 0 radical (unpaired) electrons. The number of ether oxygens (including phenoxy) is 4. The predicted octanol–water partition coefficient (Wildman–Crippen LogP) is 4.90. The zero-order chi connectivity index (χ0) is 18.5. The number of benzene rings is 2. The van der Waals surface area contributed by atoms with E-state index >= 15 is 0 Å². The summed E-state index contributed by atoms with van der Waals surface area (Å²) in [6.07, 6.45) is 0. The van der Waals surface area contributed by atoms with Gasteiger partial charge in [0.05, 0.1) is 33.6 Å². The maximum Gasteiger partial charge on any atom is 0.161 e. The maximum absolute atomic E-state index is 5.57. The van der Waals surface area contributed by atoms with E-state index in [1.54, 1.807) is 32.7 Å². The van der Waals surface area contributed by atoms with Gasteiger partial charge in [-0.05, 0) is 37.3 Å². The molecular weight excluding hydrogens is 350 g/mol. The van der Waals surface area contributed by atoms with Crippen LogP contribution in [0.2, 0.25) is 0 Å². The van der Waals surface area contributed by atoms with Gasteiger partial charge in [-0.1, -0.05) is 0 Å². The maximum atomic E-state index is 5.57. The smallest absolute Gasteiger partial charge is 0.161 e. The fraction of sp³-hybridized carbons (Fsp3) is 0.250. The lowest BCUT2D eigenvalue weighted by Crippen LogP contribution is -1.95. The quantitative estimate of drug-likeness (QED) is 0.591. The molecule has 6 heteroatoms. The summed E-state index contributed by atoms with van der Waals surface area (Å²) in [6.45, 7) is 2.54. The second kappa shape index (κ2) is 8.10. The molecule has 0 spiro atoms. The van der Waals surface area contributed by atoms with Gasteiger partial charge in [0.25, 0.3) is 0 Å². The van der Waals surface area contributed by atoms with E-state index in [2.05, 4.69) is 0 Å². The number of rotatable bonds is 7. The monoisotopic (exact) mass is 371 g/mol. The summed E-state index contributed by atoms with van der Waals surface area (Å²) in [7, 11) is 4.91. The van der Waals surface area contributed by atoms with Crippen LogP contribution >= 0.6 is 11.3 Å². The van der Waals surface area contributed by atoms with E-state index in [4.69, 9.17) is 23.9 Å². The summed E-state index contributed by atoms with van der Waals surface area (Å²) in [4.78, 5) is 4.77. The molecule has 0 saturated heterocycles. The molecular formula is C20H21NO4S. The number of methoxy groups -OCH3 is 3. The first kappa shape index (κ1) is 18.1. The van der Waals surface area contributed by atoms with Crippen LogP contribution in [0.15, 0.2) is 41.8 Å².